The van der Waals surface area contributed by atoms with Crippen molar-refractivity contribution in [2.24, 2.45) is 5.92 Å². The molecule has 0 aliphatic carbocycles. The van der Waals surface area contributed by atoms with Gasteiger partial charge in [0.1, 0.15) is 0 Å². The van der Waals surface area contributed by atoms with Crippen molar-refractivity contribution in [3.05, 3.63) is 29.8 Å². The molecule has 0 heterocycles. The third-order valence-electron chi connectivity index (χ3n) is 3.23. The van der Waals surface area contributed by atoms with Crippen molar-refractivity contribution in [3.63, 3.8) is 0 Å². The standard InChI is InChI=1S/C16H23N3O/c1-5-10-18(3)15-8-6-14(7-9-15)16(20)19(4)12-13(2)11-17/h6-9,13H,5,10,12H2,1-4H3/t13-/m1/s1. The molecule has 1 aromatic rings. The molecule has 0 aliphatic heterocycles. The first kappa shape index (κ1) is 16.0. The van der Waals surface area contributed by atoms with Crippen LogP contribution in [0.25, 0.3) is 0 Å². The summed E-state index contributed by atoms with van der Waals surface area (Å²) in [5, 5.41) is 8.79. The van der Waals surface area contributed by atoms with Crippen LogP contribution in [-0.4, -0.2) is 38.0 Å². The number of rotatable bonds is 6. The summed E-state index contributed by atoms with van der Waals surface area (Å²) in [6, 6.07) is 9.75. The predicted molar refractivity (Wildman–Crippen MR) is 81.7 cm³/mol. The zero-order valence-electron chi connectivity index (χ0n) is 12.8. The van der Waals surface area contributed by atoms with Crippen LogP contribution in [0.3, 0.4) is 0 Å². The molecule has 0 N–H and O–H groups in total. The molecule has 0 bridgehead atoms. The summed E-state index contributed by atoms with van der Waals surface area (Å²) in [5.41, 5.74) is 1.77. The second-order valence-electron chi connectivity index (χ2n) is 5.18. The van der Waals surface area contributed by atoms with Gasteiger partial charge in [0.2, 0.25) is 0 Å². The van der Waals surface area contributed by atoms with Crippen LogP contribution in [0, 0.1) is 17.2 Å². The van der Waals surface area contributed by atoms with Crippen molar-refractivity contribution in [2.75, 3.05) is 32.1 Å². The Morgan fingerprint density at radius 3 is 2.40 bits per heavy atom. The lowest BCUT2D eigenvalue weighted by Crippen LogP contribution is -2.30. The number of carbonyl (C=O) groups excluding carboxylic acids is 1. The fourth-order valence-corrected chi connectivity index (χ4v) is 2.08. The van der Waals surface area contributed by atoms with Crippen molar-refractivity contribution in [3.8, 4) is 6.07 Å². The van der Waals surface area contributed by atoms with Gasteiger partial charge in [-0.1, -0.05) is 6.92 Å². The molecule has 0 radical (unpaired) electrons. The minimum atomic E-state index is -0.154. The van der Waals surface area contributed by atoms with E-state index in [1.807, 2.05) is 38.2 Å². The molecule has 0 saturated heterocycles. The Bertz CT molecular complexity index is 475. The molecule has 0 fully saturated rings. The summed E-state index contributed by atoms with van der Waals surface area (Å²) < 4.78 is 0. The molecule has 20 heavy (non-hydrogen) atoms. The third-order valence-corrected chi connectivity index (χ3v) is 3.23. The lowest BCUT2D eigenvalue weighted by molar-refractivity contribution is 0.0785. The maximum atomic E-state index is 12.2. The van der Waals surface area contributed by atoms with E-state index in [1.165, 1.54) is 0 Å². The fraction of sp³-hybridized carbons (Fsp3) is 0.500. The molecule has 0 aromatic heterocycles. The van der Waals surface area contributed by atoms with Gasteiger partial charge in [-0.05, 0) is 37.6 Å². The number of hydrogen-bond acceptors (Lipinski definition) is 3. The van der Waals surface area contributed by atoms with E-state index >= 15 is 0 Å². The van der Waals surface area contributed by atoms with Crippen LogP contribution < -0.4 is 4.90 Å². The number of hydrogen-bond donors (Lipinski definition) is 0. The van der Waals surface area contributed by atoms with Gasteiger partial charge >= 0.3 is 0 Å². The van der Waals surface area contributed by atoms with Gasteiger partial charge in [0.05, 0.1) is 12.0 Å². The van der Waals surface area contributed by atoms with E-state index in [0.717, 1.165) is 18.7 Å². The summed E-state index contributed by atoms with van der Waals surface area (Å²) in [6.07, 6.45) is 1.09. The van der Waals surface area contributed by atoms with E-state index in [0.29, 0.717) is 12.1 Å². The molecule has 108 valence electrons. The highest BCUT2D eigenvalue weighted by Gasteiger charge is 2.14. The number of nitriles is 1. The van der Waals surface area contributed by atoms with Gasteiger partial charge in [0.25, 0.3) is 5.91 Å². The SMILES string of the molecule is CCCN(C)c1ccc(C(=O)N(C)C[C@H](C)C#N)cc1. The molecule has 0 aliphatic rings. The van der Waals surface area contributed by atoms with Gasteiger partial charge in [-0.2, -0.15) is 5.26 Å². The largest absolute Gasteiger partial charge is 0.375 e. The molecule has 1 amide bonds. The van der Waals surface area contributed by atoms with E-state index in [4.69, 9.17) is 5.26 Å². The highest BCUT2D eigenvalue weighted by Crippen LogP contribution is 2.15. The van der Waals surface area contributed by atoms with E-state index in [9.17, 15) is 4.79 Å². The van der Waals surface area contributed by atoms with Gasteiger partial charge in [0, 0.05) is 38.4 Å². The summed E-state index contributed by atoms with van der Waals surface area (Å²) in [6.45, 7) is 5.39. The molecule has 1 atom stereocenters. The number of anilines is 1. The van der Waals surface area contributed by atoms with Crippen LogP contribution in [-0.2, 0) is 0 Å². The van der Waals surface area contributed by atoms with Crippen molar-refractivity contribution in [2.45, 2.75) is 20.3 Å². The zero-order chi connectivity index (χ0) is 15.1. The maximum absolute atomic E-state index is 12.2. The number of nitrogens with zero attached hydrogens (tertiary/aromatic N) is 3. The first-order valence-electron chi connectivity index (χ1n) is 6.95. The fourth-order valence-electron chi connectivity index (χ4n) is 2.08. The molecule has 1 rings (SSSR count). The molecular formula is C16H23N3O. The Morgan fingerprint density at radius 1 is 1.30 bits per heavy atom. The second-order valence-corrected chi connectivity index (χ2v) is 5.18. The smallest absolute Gasteiger partial charge is 0.253 e. The van der Waals surface area contributed by atoms with E-state index in [2.05, 4.69) is 17.9 Å². The Kier molecular flexibility index (Phi) is 6.05. The van der Waals surface area contributed by atoms with Gasteiger partial charge in [-0.15, -0.1) is 0 Å². The Morgan fingerprint density at radius 2 is 1.90 bits per heavy atom. The summed E-state index contributed by atoms with van der Waals surface area (Å²) >= 11 is 0. The molecule has 0 saturated carbocycles. The second kappa shape index (κ2) is 7.54. The van der Waals surface area contributed by atoms with Crippen LogP contribution >= 0.6 is 0 Å². The van der Waals surface area contributed by atoms with Gasteiger partial charge in [-0.3, -0.25) is 4.79 Å². The highest BCUT2D eigenvalue weighted by molar-refractivity contribution is 5.94. The van der Waals surface area contributed by atoms with Crippen LogP contribution in [0.4, 0.5) is 5.69 Å². The molecule has 0 spiro atoms. The minimum Gasteiger partial charge on any atom is -0.375 e. The lowest BCUT2D eigenvalue weighted by atomic mass is 10.1. The predicted octanol–water partition coefficient (Wildman–Crippen LogP) is 2.76. The van der Waals surface area contributed by atoms with Gasteiger partial charge in [-0.25, -0.2) is 0 Å². The monoisotopic (exact) mass is 273 g/mol. The molecule has 4 heteroatoms. The minimum absolute atomic E-state index is 0.0446. The van der Waals surface area contributed by atoms with Gasteiger partial charge < -0.3 is 9.80 Å². The van der Waals surface area contributed by atoms with Crippen molar-refractivity contribution < 1.29 is 4.79 Å². The van der Waals surface area contributed by atoms with Gasteiger partial charge in [0.15, 0.2) is 0 Å². The topological polar surface area (TPSA) is 47.3 Å². The normalized spacial score (nSPS) is 11.6. The maximum Gasteiger partial charge on any atom is 0.253 e. The average Bonchev–Trinajstić information content (AvgIpc) is 2.46. The van der Waals surface area contributed by atoms with Crippen LogP contribution in [0.2, 0.25) is 0 Å². The Balaban J connectivity index is 2.73. The average molecular weight is 273 g/mol. The number of carbonyl (C=O) groups is 1. The lowest BCUT2D eigenvalue weighted by Gasteiger charge is -2.20. The third kappa shape index (κ3) is 4.27. The van der Waals surface area contributed by atoms with Crippen molar-refractivity contribution in [1.29, 1.82) is 5.26 Å². The first-order chi connectivity index (χ1) is 9.49. The van der Waals surface area contributed by atoms with Crippen LogP contribution in [0.15, 0.2) is 24.3 Å². The number of benzene rings is 1. The van der Waals surface area contributed by atoms with E-state index in [1.54, 1.807) is 11.9 Å². The Hall–Kier alpha value is -2.02. The highest BCUT2D eigenvalue weighted by atomic mass is 16.2. The quantitative estimate of drug-likeness (QED) is 0.800. The summed E-state index contributed by atoms with van der Waals surface area (Å²) in [4.78, 5) is 16.0. The van der Waals surface area contributed by atoms with Crippen molar-refractivity contribution >= 4 is 11.6 Å². The molecule has 1 aromatic carbocycles. The van der Waals surface area contributed by atoms with E-state index < -0.39 is 0 Å². The zero-order valence-corrected chi connectivity index (χ0v) is 12.8. The van der Waals surface area contributed by atoms with Crippen LogP contribution in [0.1, 0.15) is 30.6 Å². The first-order valence-corrected chi connectivity index (χ1v) is 6.95. The van der Waals surface area contributed by atoms with Crippen molar-refractivity contribution in [1.82, 2.24) is 4.90 Å². The van der Waals surface area contributed by atoms with E-state index in [-0.39, 0.29) is 11.8 Å². The van der Waals surface area contributed by atoms with Crippen LogP contribution in [0.5, 0.6) is 0 Å². The molecule has 4 nitrogen and oxygen atoms in total. The molecule has 0 unspecified atom stereocenters. The Labute approximate surface area is 121 Å². The summed E-state index contributed by atoms with van der Waals surface area (Å²) in [5.74, 6) is -0.198. The molecular weight excluding hydrogens is 250 g/mol. The number of amides is 1. The summed E-state index contributed by atoms with van der Waals surface area (Å²) in [7, 11) is 3.77.